The second-order valence-electron chi connectivity index (χ2n) is 10.3. The third kappa shape index (κ3) is 4.40. The standard InChI is InChI=1S/C28H30N2O5S/c1-14(2)34-27-30-18-13-15(3)20(24(26(31)32)35-28(4,5)6)22(25(18)36-27)17-7-8-19-21-16(10-12-33-19)9-11-29-23(17)21/h7-9,11,13-14,24H,10,12H2,1-6H3,(H,31,32)/t24-/m0/s1. The summed E-state index contributed by atoms with van der Waals surface area (Å²) in [7, 11) is 0. The van der Waals surface area contributed by atoms with Crippen molar-refractivity contribution in [2.45, 2.75) is 65.8 Å². The van der Waals surface area contributed by atoms with Gasteiger partial charge in [0.25, 0.3) is 5.19 Å². The Balaban J connectivity index is 1.88. The fourth-order valence-corrected chi connectivity index (χ4v) is 5.83. The summed E-state index contributed by atoms with van der Waals surface area (Å²) in [5.41, 5.74) is 5.00. The second kappa shape index (κ2) is 9.01. The molecule has 2 aromatic heterocycles. The normalized spacial score (nSPS) is 14.3. The number of nitrogens with zero attached hydrogens (tertiary/aromatic N) is 2. The number of thiazole rings is 1. The Bertz CT molecular complexity index is 1480. The molecule has 0 amide bonds. The van der Waals surface area contributed by atoms with Crippen molar-refractivity contribution >= 4 is 38.4 Å². The molecule has 0 fully saturated rings. The van der Waals surface area contributed by atoms with Gasteiger partial charge in [0.2, 0.25) is 0 Å². The van der Waals surface area contributed by atoms with Gasteiger partial charge in [-0.05, 0) is 76.9 Å². The molecule has 0 aliphatic carbocycles. The molecule has 0 radical (unpaired) electrons. The van der Waals surface area contributed by atoms with E-state index in [1.807, 2.05) is 72.0 Å². The van der Waals surface area contributed by atoms with Crippen LogP contribution >= 0.6 is 11.3 Å². The van der Waals surface area contributed by atoms with E-state index in [4.69, 9.17) is 24.2 Å². The number of aryl methyl sites for hydroxylation is 1. The van der Waals surface area contributed by atoms with Crippen LogP contribution in [-0.4, -0.2) is 39.4 Å². The number of carbonyl (C=O) groups is 1. The van der Waals surface area contributed by atoms with Crippen LogP contribution < -0.4 is 9.47 Å². The van der Waals surface area contributed by atoms with Crippen LogP contribution in [0.15, 0.2) is 30.5 Å². The Morgan fingerprint density at radius 3 is 2.69 bits per heavy atom. The van der Waals surface area contributed by atoms with Gasteiger partial charge >= 0.3 is 5.97 Å². The van der Waals surface area contributed by atoms with Gasteiger partial charge < -0.3 is 19.3 Å². The van der Waals surface area contributed by atoms with E-state index in [-0.39, 0.29) is 6.10 Å². The molecule has 8 heteroatoms. The van der Waals surface area contributed by atoms with Crippen molar-refractivity contribution in [3.63, 3.8) is 0 Å². The number of aromatic nitrogens is 2. The van der Waals surface area contributed by atoms with Crippen LogP contribution in [0.25, 0.3) is 32.2 Å². The summed E-state index contributed by atoms with van der Waals surface area (Å²) in [5, 5.41) is 11.8. The molecule has 1 N–H and O–H groups in total. The fraction of sp³-hybridized carbons (Fsp3) is 0.393. The van der Waals surface area contributed by atoms with Gasteiger partial charge in [-0.15, -0.1) is 0 Å². The first-order valence-electron chi connectivity index (χ1n) is 12.1. The van der Waals surface area contributed by atoms with Gasteiger partial charge in [0.15, 0.2) is 6.10 Å². The summed E-state index contributed by atoms with van der Waals surface area (Å²) in [6.07, 6.45) is 1.39. The predicted molar refractivity (Wildman–Crippen MR) is 141 cm³/mol. The van der Waals surface area contributed by atoms with E-state index in [0.29, 0.717) is 17.4 Å². The minimum atomic E-state index is -1.18. The van der Waals surface area contributed by atoms with Gasteiger partial charge in [-0.2, -0.15) is 0 Å². The zero-order chi connectivity index (χ0) is 25.8. The van der Waals surface area contributed by atoms with Crippen LogP contribution in [0, 0.1) is 6.92 Å². The molecule has 0 saturated heterocycles. The van der Waals surface area contributed by atoms with E-state index in [2.05, 4.69) is 0 Å². The van der Waals surface area contributed by atoms with Gasteiger partial charge in [0, 0.05) is 34.7 Å². The minimum Gasteiger partial charge on any atom is -0.493 e. The van der Waals surface area contributed by atoms with Crippen molar-refractivity contribution in [2.75, 3.05) is 6.61 Å². The fourth-order valence-electron chi connectivity index (χ4n) is 4.74. The maximum atomic E-state index is 12.6. The summed E-state index contributed by atoms with van der Waals surface area (Å²) in [5.74, 6) is -0.252. The van der Waals surface area contributed by atoms with Crippen molar-refractivity contribution in [1.82, 2.24) is 9.97 Å². The van der Waals surface area contributed by atoms with Crippen molar-refractivity contribution in [1.29, 1.82) is 0 Å². The zero-order valence-corrected chi connectivity index (χ0v) is 22.2. The number of carboxylic acids is 1. The Hall–Kier alpha value is -3.23. The average molecular weight is 507 g/mol. The largest absolute Gasteiger partial charge is 0.493 e. The Labute approximate surface area is 214 Å². The maximum absolute atomic E-state index is 12.6. The monoisotopic (exact) mass is 506 g/mol. The first-order valence-corrected chi connectivity index (χ1v) is 12.9. The van der Waals surface area contributed by atoms with Gasteiger partial charge in [-0.25, -0.2) is 9.78 Å². The molecule has 36 heavy (non-hydrogen) atoms. The van der Waals surface area contributed by atoms with Gasteiger partial charge in [-0.3, -0.25) is 4.98 Å². The summed E-state index contributed by atoms with van der Waals surface area (Å²) >= 11 is 1.41. The van der Waals surface area contributed by atoms with Crippen molar-refractivity contribution < 1.29 is 24.1 Å². The molecule has 7 nitrogen and oxygen atoms in total. The van der Waals surface area contributed by atoms with E-state index >= 15 is 0 Å². The molecule has 188 valence electrons. The van der Waals surface area contributed by atoms with Crippen molar-refractivity contribution in [2.24, 2.45) is 0 Å². The molecule has 5 rings (SSSR count). The third-order valence-corrected chi connectivity index (χ3v) is 7.02. The van der Waals surface area contributed by atoms with Crippen LogP contribution in [0.3, 0.4) is 0 Å². The number of fused-ring (bicyclic) bond motifs is 1. The molecule has 2 aromatic carbocycles. The molecule has 1 atom stereocenters. The van der Waals surface area contributed by atoms with Crippen LogP contribution in [0.2, 0.25) is 0 Å². The summed E-state index contributed by atoms with van der Waals surface area (Å²) in [6, 6.07) is 7.86. The number of hydrogen-bond acceptors (Lipinski definition) is 7. The van der Waals surface area contributed by atoms with E-state index in [1.54, 1.807) is 0 Å². The molecule has 0 unspecified atom stereocenters. The molecule has 3 heterocycles. The van der Waals surface area contributed by atoms with Gasteiger partial charge in [0.05, 0.1) is 34.0 Å². The van der Waals surface area contributed by atoms with E-state index < -0.39 is 17.7 Å². The van der Waals surface area contributed by atoms with Gasteiger partial charge in [0.1, 0.15) is 5.75 Å². The van der Waals surface area contributed by atoms with Crippen molar-refractivity contribution in [3.05, 3.63) is 47.2 Å². The first kappa shape index (κ1) is 24.5. The highest BCUT2D eigenvalue weighted by Crippen LogP contribution is 2.47. The Kier molecular flexibility index (Phi) is 6.12. The molecule has 0 bridgehead atoms. The summed E-state index contributed by atoms with van der Waals surface area (Å²) < 4.78 is 18.9. The summed E-state index contributed by atoms with van der Waals surface area (Å²) in [4.78, 5) is 22.1. The lowest BCUT2D eigenvalue weighted by Crippen LogP contribution is -2.28. The number of ether oxygens (including phenoxy) is 3. The van der Waals surface area contributed by atoms with Crippen LogP contribution in [0.5, 0.6) is 10.9 Å². The van der Waals surface area contributed by atoms with E-state index in [9.17, 15) is 9.90 Å². The molecule has 1 aliphatic rings. The number of carboxylic acid groups (broad SMARTS) is 1. The molecular weight excluding hydrogens is 476 g/mol. The zero-order valence-electron chi connectivity index (χ0n) is 21.3. The molecular formula is C28H30N2O5S. The predicted octanol–water partition coefficient (Wildman–Crippen LogP) is 6.48. The SMILES string of the molecule is Cc1cc2nc(OC(C)C)sc2c(-c2ccc3c4c(ccnc24)CCO3)c1[C@H](OC(C)(C)C)C(=O)O. The maximum Gasteiger partial charge on any atom is 0.337 e. The van der Waals surface area contributed by atoms with Crippen molar-refractivity contribution in [3.8, 4) is 22.1 Å². The molecule has 0 saturated carbocycles. The number of benzene rings is 2. The highest BCUT2D eigenvalue weighted by Gasteiger charge is 2.33. The minimum absolute atomic E-state index is 0.0371. The average Bonchev–Trinajstić information content (AvgIpc) is 3.18. The lowest BCUT2D eigenvalue weighted by Gasteiger charge is -2.28. The first-order chi connectivity index (χ1) is 17.0. The number of aliphatic carboxylic acids is 1. The lowest BCUT2D eigenvalue weighted by atomic mass is 9.89. The summed E-state index contributed by atoms with van der Waals surface area (Å²) in [6.45, 7) is 12.0. The van der Waals surface area contributed by atoms with Crippen LogP contribution in [0.4, 0.5) is 0 Å². The number of pyridine rings is 1. The van der Waals surface area contributed by atoms with Gasteiger partial charge in [-0.1, -0.05) is 11.3 Å². The number of rotatable bonds is 6. The number of hydrogen-bond donors (Lipinski definition) is 1. The highest BCUT2D eigenvalue weighted by molar-refractivity contribution is 7.20. The van der Waals surface area contributed by atoms with E-state index in [1.165, 1.54) is 16.9 Å². The lowest BCUT2D eigenvalue weighted by molar-refractivity contribution is -0.160. The topological polar surface area (TPSA) is 90.8 Å². The third-order valence-electron chi connectivity index (χ3n) is 6.04. The Morgan fingerprint density at radius 2 is 2.00 bits per heavy atom. The smallest absolute Gasteiger partial charge is 0.337 e. The van der Waals surface area contributed by atoms with Crippen LogP contribution in [0.1, 0.15) is 57.4 Å². The second-order valence-corrected chi connectivity index (χ2v) is 11.3. The Morgan fingerprint density at radius 1 is 1.22 bits per heavy atom. The van der Waals surface area contributed by atoms with E-state index in [0.717, 1.165) is 50.0 Å². The molecule has 0 spiro atoms. The quantitative estimate of drug-likeness (QED) is 0.320. The van der Waals surface area contributed by atoms with Crippen LogP contribution in [-0.2, 0) is 16.0 Å². The molecule has 1 aliphatic heterocycles. The highest BCUT2D eigenvalue weighted by atomic mass is 32.1. The molecule has 4 aromatic rings.